The van der Waals surface area contributed by atoms with Gasteiger partial charge < -0.3 is 9.47 Å². The van der Waals surface area contributed by atoms with Gasteiger partial charge in [-0.2, -0.15) is 5.26 Å². The number of rotatable bonds is 5. The maximum absolute atomic E-state index is 12.5. The Hall–Kier alpha value is -3.07. The minimum absolute atomic E-state index is 0.284. The van der Waals surface area contributed by atoms with Crippen molar-refractivity contribution < 1.29 is 14.3 Å². The number of esters is 1. The minimum Gasteiger partial charge on any atom is -0.493 e. The highest BCUT2D eigenvalue weighted by atomic mass is 79.9. The van der Waals surface area contributed by atoms with Crippen LogP contribution in [0.4, 0.5) is 0 Å². The highest BCUT2D eigenvalue weighted by molar-refractivity contribution is 9.10. The molecule has 0 unspecified atom stereocenters. The van der Waals surface area contributed by atoms with E-state index in [4.69, 9.17) is 21.1 Å². The summed E-state index contributed by atoms with van der Waals surface area (Å²) in [6.07, 6.45) is 1.72. The number of nitrogens with zero attached hydrogens (tertiary/aromatic N) is 1. The fraction of sp³-hybridized carbons (Fsp3) is 0.0435. The van der Waals surface area contributed by atoms with Crippen LogP contribution in [0.2, 0.25) is 5.02 Å². The van der Waals surface area contributed by atoms with E-state index in [0.29, 0.717) is 31.9 Å². The van der Waals surface area contributed by atoms with Gasteiger partial charge in [-0.15, -0.1) is 0 Å². The molecule has 3 aromatic carbocycles. The number of ether oxygens (including phenoxy) is 2. The SMILES string of the molecule is COc1cc(/C=C(/C#N)c2cccc(Cl)c2)ccc1OC(=O)c1ccccc1Br. The number of carbonyl (C=O) groups is 1. The number of halogens is 2. The van der Waals surface area contributed by atoms with Crippen LogP contribution in [0.3, 0.4) is 0 Å². The summed E-state index contributed by atoms with van der Waals surface area (Å²) in [5, 5.41) is 10.1. The third-order valence-electron chi connectivity index (χ3n) is 4.05. The Labute approximate surface area is 182 Å². The standard InChI is InChI=1S/C23H15BrClNO3/c1-28-22-12-15(11-17(14-26)16-5-4-6-18(25)13-16)9-10-21(22)29-23(27)19-7-2-3-8-20(19)24/h2-13H,1H3/b17-11-. The van der Waals surface area contributed by atoms with Crippen LogP contribution in [0.15, 0.2) is 71.2 Å². The molecule has 0 aromatic heterocycles. The van der Waals surface area contributed by atoms with E-state index >= 15 is 0 Å². The van der Waals surface area contributed by atoms with Gasteiger partial charge in [-0.25, -0.2) is 4.79 Å². The smallest absolute Gasteiger partial charge is 0.344 e. The third kappa shape index (κ3) is 5.05. The van der Waals surface area contributed by atoms with E-state index in [9.17, 15) is 10.1 Å². The lowest BCUT2D eigenvalue weighted by atomic mass is 10.0. The summed E-state index contributed by atoms with van der Waals surface area (Å²) < 4.78 is 11.5. The molecular weight excluding hydrogens is 454 g/mol. The predicted molar refractivity (Wildman–Crippen MR) is 117 cm³/mol. The van der Waals surface area contributed by atoms with Gasteiger partial charge >= 0.3 is 5.97 Å². The molecule has 0 N–H and O–H groups in total. The first-order valence-corrected chi connectivity index (χ1v) is 9.71. The van der Waals surface area contributed by atoms with Gasteiger partial charge in [0.1, 0.15) is 0 Å². The molecule has 6 heteroatoms. The van der Waals surface area contributed by atoms with Crippen molar-refractivity contribution in [3.05, 3.63) is 92.9 Å². The van der Waals surface area contributed by atoms with E-state index in [1.807, 2.05) is 12.1 Å². The molecule has 29 heavy (non-hydrogen) atoms. The van der Waals surface area contributed by atoms with Gasteiger partial charge in [-0.3, -0.25) is 0 Å². The van der Waals surface area contributed by atoms with E-state index in [-0.39, 0.29) is 5.75 Å². The second-order valence-corrected chi connectivity index (χ2v) is 7.25. The van der Waals surface area contributed by atoms with Gasteiger partial charge in [0, 0.05) is 9.50 Å². The van der Waals surface area contributed by atoms with Crippen molar-refractivity contribution in [2.75, 3.05) is 7.11 Å². The molecule has 0 heterocycles. The zero-order valence-electron chi connectivity index (χ0n) is 15.4. The van der Waals surface area contributed by atoms with Gasteiger partial charge in [-0.1, -0.05) is 41.9 Å². The van der Waals surface area contributed by atoms with Crippen LogP contribution in [0.25, 0.3) is 11.6 Å². The van der Waals surface area contributed by atoms with Crippen LogP contribution < -0.4 is 9.47 Å². The number of carbonyl (C=O) groups excluding carboxylic acids is 1. The van der Waals surface area contributed by atoms with Crippen molar-refractivity contribution in [2.45, 2.75) is 0 Å². The second kappa shape index (κ2) is 9.42. The normalized spacial score (nSPS) is 10.9. The monoisotopic (exact) mass is 467 g/mol. The van der Waals surface area contributed by atoms with E-state index in [1.54, 1.807) is 60.7 Å². The summed E-state index contributed by atoms with van der Waals surface area (Å²) in [6.45, 7) is 0. The highest BCUT2D eigenvalue weighted by Crippen LogP contribution is 2.31. The van der Waals surface area contributed by atoms with Crippen molar-refractivity contribution in [1.29, 1.82) is 5.26 Å². The van der Waals surface area contributed by atoms with Crippen molar-refractivity contribution in [2.24, 2.45) is 0 Å². The lowest BCUT2D eigenvalue weighted by Gasteiger charge is -2.11. The quantitative estimate of drug-likeness (QED) is 0.188. The third-order valence-corrected chi connectivity index (χ3v) is 4.98. The molecule has 0 bridgehead atoms. The van der Waals surface area contributed by atoms with E-state index in [2.05, 4.69) is 22.0 Å². The summed E-state index contributed by atoms with van der Waals surface area (Å²) in [6, 6.07) is 21.3. The first-order valence-electron chi connectivity index (χ1n) is 8.54. The molecule has 0 fully saturated rings. The number of hydrogen-bond acceptors (Lipinski definition) is 4. The number of nitriles is 1. The number of allylic oxidation sites excluding steroid dienone is 1. The molecular formula is C23H15BrClNO3. The Balaban J connectivity index is 1.90. The summed E-state index contributed by atoms with van der Waals surface area (Å²) >= 11 is 9.36. The molecule has 0 saturated heterocycles. The predicted octanol–water partition coefficient (Wildman–Crippen LogP) is 6.39. The van der Waals surface area contributed by atoms with Crippen LogP contribution in [-0.2, 0) is 0 Å². The van der Waals surface area contributed by atoms with E-state index < -0.39 is 5.97 Å². The molecule has 4 nitrogen and oxygen atoms in total. The second-order valence-electron chi connectivity index (χ2n) is 5.96. The van der Waals surface area contributed by atoms with E-state index in [1.165, 1.54) is 7.11 Å². The van der Waals surface area contributed by atoms with Gasteiger partial charge in [0.2, 0.25) is 0 Å². The summed E-state index contributed by atoms with van der Waals surface area (Å²) in [5.41, 5.74) is 2.29. The molecule has 0 aliphatic heterocycles. The van der Waals surface area contributed by atoms with Gasteiger partial charge in [0.05, 0.1) is 24.3 Å². The molecule has 3 rings (SSSR count). The van der Waals surface area contributed by atoms with Crippen LogP contribution in [0, 0.1) is 11.3 Å². The summed E-state index contributed by atoms with van der Waals surface area (Å²) in [4.78, 5) is 12.5. The fourth-order valence-electron chi connectivity index (χ4n) is 2.64. The topological polar surface area (TPSA) is 59.3 Å². The Kier molecular flexibility index (Phi) is 6.71. The zero-order chi connectivity index (χ0) is 20.8. The van der Waals surface area contributed by atoms with Crippen molar-refractivity contribution >= 4 is 45.1 Å². The largest absolute Gasteiger partial charge is 0.493 e. The molecule has 0 amide bonds. The molecule has 0 atom stereocenters. The zero-order valence-corrected chi connectivity index (χ0v) is 17.7. The number of hydrogen-bond donors (Lipinski definition) is 0. The van der Waals surface area contributed by atoms with Gasteiger partial charge in [0.25, 0.3) is 0 Å². The van der Waals surface area contributed by atoms with Crippen molar-refractivity contribution in [3.8, 4) is 17.6 Å². The average Bonchev–Trinajstić information content (AvgIpc) is 2.73. The molecule has 3 aromatic rings. The molecule has 0 radical (unpaired) electrons. The lowest BCUT2D eigenvalue weighted by Crippen LogP contribution is -2.10. The Bertz CT molecular complexity index is 1130. The van der Waals surface area contributed by atoms with E-state index in [0.717, 1.165) is 5.56 Å². The minimum atomic E-state index is -0.504. The maximum atomic E-state index is 12.5. The van der Waals surface area contributed by atoms with Gasteiger partial charge in [-0.05, 0) is 69.5 Å². The van der Waals surface area contributed by atoms with Crippen LogP contribution in [0.1, 0.15) is 21.5 Å². The molecule has 144 valence electrons. The molecule has 0 aliphatic rings. The first-order chi connectivity index (χ1) is 14.0. The van der Waals surface area contributed by atoms with Crippen LogP contribution in [0.5, 0.6) is 11.5 Å². The van der Waals surface area contributed by atoms with Crippen molar-refractivity contribution in [1.82, 2.24) is 0 Å². The molecule has 0 spiro atoms. The first kappa shape index (κ1) is 20.7. The summed E-state index contributed by atoms with van der Waals surface area (Å²) in [5.74, 6) is 0.157. The fourth-order valence-corrected chi connectivity index (χ4v) is 3.28. The number of benzene rings is 3. The van der Waals surface area contributed by atoms with Crippen LogP contribution >= 0.6 is 27.5 Å². The highest BCUT2D eigenvalue weighted by Gasteiger charge is 2.15. The molecule has 0 saturated carbocycles. The number of methoxy groups -OCH3 is 1. The summed E-state index contributed by atoms with van der Waals surface area (Å²) in [7, 11) is 1.49. The maximum Gasteiger partial charge on any atom is 0.344 e. The van der Waals surface area contributed by atoms with Gasteiger partial charge in [0.15, 0.2) is 11.5 Å². The Morgan fingerprint density at radius 2 is 1.86 bits per heavy atom. The van der Waals surface area contributed by atoms with Crippen LogP contribution in [-0.4, -0.2) is 13.1 Å². The van der Waals surface area contributed by atoms with Crippen molar-refractivity contribution in [3.63, 3.8) is 0 Å². The lowest BCUT2D eigenvalue weighted by molar-refractivity contribution is 0.0729. The Morgan fingerprint density at radius 1 is 1.07 bits per heavy atom. The molecule has 0 aliphatic carbocycles. The average molecular weight is 469 g/mol. The Morgan fingerprint density at radius 3 is 2.55 bits per heavy atom.